The lowest BCUT2D eigenvalue weighted by Crippen LogP contribution is -2.10. The maximum Gasteiger partial charge on any atom is 0.397 e. The molecule has 60 valence electrons. The van der Waals surface area contributed by atoms with E-state index in [-0.39, 0.29) is 5.71 Å². The summed E-state index contributed by atoms with van der Waals surface area (Å²) in [7, 11) is 0. The fraction of sp³-hybridized carbons (Fsp3) is 0.143. The molecule has 4 heteroatoms. The van der Waals surface area contributed by atoms with Crippen molar-refractivity contribution >= 4 is 11.7 Å². The van der Waals surface area contributed by atoms with Crippen molar-refractivity contribution < 1.29 is 14.3 Å². The van der Waals surface area contributed by atoms with E-state index >= 15 is 0 Å². The summed E-state index contributed by atoms with van der Waals surface area (Å²) in [6, 6.07) is 0. The predicted octanol–water partition coefficient (Wildman–Crippen LogP) is 1.57. The van der Waals surface area contributed by atoms with E-state index in [1.54, 1.807) is 13.0 Å². The molecular formula is C7H8FNO2. The van der Waals surface area contributed by atoms with Gasteiger partial charge in [0, 0.05) is 10.7 Å². The fourth-order valence-electron chi connectivity index (χ4n) is 0.383. The minimum absolute atomic E-state index is 0.161. The predicted molar refractivity (Wildman–Crippen MR) is 39.6 cm³/mol. The zero-order chi connectivity index (χ0) is 8.69. The monoisotopic (exact) mass is 157 g/mol. The standard InChI is InChI=1S/C7H8FNO2/c1-3-5-9-6(4-2)7(10)11-8/h3-5H,2H2,1H3/b5-3-,9-6?. The molecule has 0 aromatic carbocycles. The van der Waals surface area contributed by atoms with Crippen LogP contribution in [0, 0.1) is 0 Å². The van der Waals surface area contributed by atoms with Crippen molar-refractivity contribution in [1.29, 1.82) is 0 Å². The SMILES string of the molecule is C=CC(=N/C=C\C)C(=O)OF. The van der Waals surface area contributed by atoms with E-state index in [9.17, 15) is 9.32 Å². The van der Waals surface area contributed by atoms with Crippen LogP contribution in [-0.2, 0) is 9.74 Å². The molecule has 0 N–H and O–H groups in total. The first-order valence-electron chi connectivity index (χ1n) is 2.90. The van der Waals surface area contributed by atoms with Gasteiger partial charge in [0.2, 0.25) is 0 Å². The highest BCUT2D eigenvalue weighted by Crippen LogP contribution is 1.88. The Bertz CT molecular complexity index is 208. The average molecular weight is 157 g/mol. The Kier molecular flexibility index (Phi) is 4.64. The first-order chi connectivity index (χ1) is 5.26. The van der Waals surface area contributed by atoms with Crippen molar-refractivity contribution in [3.05, 3.63) is 24.9 Å². The molecule has 0 aliphatic rings. The Morgan fingerprint density at radius 3 is 2.73 bits per heavy atom. The van der Waals surface area contributed by atoms with Crippen molar-refractivity contribution in [1.82, 2.24) is 0 Å². The van der Waals surface area contributed by atoms with E-state index in [0.717, 1.165) is 6.08 Å². The average Bonchev–Trinajstić information content (AvgIpc) is 2.05. The number of aliphatic imine (C=N–C) groups is 1. The van der Waals surface area contributed by atoms with Gasteiger partial charge in [-0.3, -0.25) is 0 Å². The van der Waals surface area contributed by atoms with Gasteiger partial charge in [-0.15, -0.1) is 0 Å². The minimum Gasteiger partial charge on any atom is -0.249 e. The molecule has 11 heavy (non-hydrogen) atoms. The molecule has 0 heterocycles. The Labute approximate surface area is 63.8 Å². The summed E-state index contributed by atoms with van der Waals surface area (Å²) in [6.45, 7) is 4.96. The molecule has 0 radical (unpaired) electrons. The molecule has 0 atom stereocenters. The second-order valence-electron chi connectivity index (χ2n) is 1.57. The zero-order valence-corrected chi connectivity index (χ0v) is 6.08. The number of allylic oxidation sites excluding steroid dienone is 1. The molecule has 0 aliphatic carbocycles. The molecule has 0 aromatic heterocycles. The van der Waals surface area contributed by atoms with Crippen molar-refractivity contribution in [2.24, 2.45) is 4.99 Å². The summed E-state index contributed by atoms with van der Waals surface area (Å²) >= 11 is 0. The van der Waals surface area contributed by atoms with Crippen LogP contribution in [0.5, 0.6) is 0 Å². The van der Waals surface area contributed by atoms with Crippen molar-refractivity contribution in [3.63, 3.8) is 0 Å². The van der Waals surface area contributed by atoms with Crippen LogP contribution < -0.4 is 0 Å². The number of carbonyl (C=O) groups excluding carboxylic acids is 1. The minimum atomic E-state index is -1.14. The fourth-order valence-corrected chi connectivity index (χ4v) is 0.383. The Balaban J connectivity index is 4.38. The second-order valence-corrected chi connectivity index (χ2v) is 1.57. The summed E-state index contributed by atoms with van der Waals surface area (Å²) in [4.78, 5) is 16.9. The molecule has 0 aromatic rings. The van der Waals surface area contributed by atoms with Crippen LogP contribution >= 0.6 is 0 Å². The molecule has 0 spiro atoms. The molecule has 0 amide bonds. The van der Waals surface area contributed by atoms with Gasteiger partial charge in [-0.1, -0.05) is 12.7 Å². The molecule has 0 unspecified atom stereocenters. The number of hydrogen-bond donors (Lipinski definition) is 0. The summed E-state index contributed by atoms with van der Waals surface area (Å²) in [5.74, 6) is -1.14. The van der Waals surface area contributed by atoms with Gasteiger partial charge in [0.05, 0.1) is 0 Å². The van der Waals surface area contributed by atoms with Gasteiger partial charge < -0.3 is 0 Å². The molecule has 0 saturated carbocycles. The lowest BCUT2D eigenvalue weighted by molar-refractivity contribution is -0.173. The summed E-state index contributed by atoms with van der Waals surface area (Å²) in [5, 5.41) is 0. The molecule has 0 saturated heterocycles. The highest BCUT2D eigenvalue weighted by atomic mass is 19.3. The van der Waals surface area contributed by atoms with Gasteiger partial charge in [-0.25, -0.2) is 14.7 Å². The van der Waals surface area contributed by atoms with E-state index in [1.165, 1.54) is 6.20 Å². The molecule has 0 rings (SSSR count). The number of hydrogen-bond acceptors (Lipinski definition) is 3. The van der Waals surface area contributed by atoms with E-state index in [4.69, 9.17) is 0 Å². The molecule has 0 aliphatic heterocycles. The quantitative estimate of drug-likeness (QED) is 0.583. The van der Waals surface area contributed by atoms with Gasteiger partial charge in [0.1, 0.15) is 0 Å². The van der Waals surface area contributed by atoms with E-state index in [0.29, 0.717) is 0 Å². The summed E-state index contributed by atoms with van der Waals surface area (Å²) < 4.78 is 11.2. The highest BCUT2D eigenvalue weighted by Gasteiger charge is 2.07. The van der Waals surface area contributed by atoms with Crippen LogP contribution in [0.25, 0.3) is 0 Å². The van der Waals surface area contributed by atoms with Gasteiger partial charge in [-0.2, -0.15) is 0 Å². The number of halogens is 1. The Morgan fingerprint density at radius 1 is 1.73 bits per heavy atom. The van der Waals surface area contributed by atoms with E-state index in [2.05, 4.69) is 16.5 Å². The second kappa shape index (κ2) is 5.34. The van der Waals surface area contributed by atoms with Crippen LogP contribution in [0.2, 0.25) is 0 Å². The first kappa shape index (κ1) is 9.55. The third-order valence-corrected chi connectivity index (χ3v) is 0.835. The lowest BCUT2D eigenvalue weighted by Gasteiger charge is -1.89. The van der Waals surface area contributed by atoms with E-state index < -0.39 is 5.97 Å². The van der Waals surface area contributed by atoms with Crippen molar-refractivity contribution in [2.45, 2.75) is 6.92 Å². The van der Waals surface area contributed by atoms with Crippen LogP contribution in [0.4, 0.5) is 4.53 Å². The van der Waals surface area contributed by atoms with Crippen molar-refractivity contribution in [3.8, 4) is 0 Å². The van der Waals surface area contributed by atoms with Crippen molar-refractivity contribution in [2.75, 3.05) is 0 Å². The number of rotatable bonds is 3. The lowest BCUT2D eigenvalue weighted by atomic mass is 10.4. The van der Waals surface area contributed by atoms with Gasteiger partial charge in [-0.05, 0) is 13.0 Å². The third kappa shape index (κ3) is 3.30. The van der Waals surface area contributed by atoms with Crippen LogP contribution in [0.15, 0.2) is 29.9 Å². The van der Waals surface area contributed by atoms with Crippen LogP contribution in [0.1, 0.15) is 6.92 Å². The molecule has 0 fully saturated rings. The summed E-state index contributed by atoms with van der Waals surface area (Å²) in [6.07, 6.45) is 4.05. The smallest absolute Gasteiger partial charge is 0.249 e. The molecule has 3 nitrogen and oxygen atoms in total. The van der Waals surface area contributed by atoms with Gasteiger partial charge in [0.25, 0.3) is 0 Å². The number of nitrogens with zero attached hydrogens (tertiary/aromatic N) is 1. The molecule has 0 bridgehead atoms. The normalized spacial score (nSPS) is 11.6. The number of carbonyl (C=O) groups is 1. The third-order valence-electron chi connectivity index (χ3n) is 0.835. The van der Waals surface area contributed by atoms with E-state index in [1.807, 2.05) is 0 Å². The maximum atomic E-state index is 11.2. The maximum absolute atomic E-state index is 11.2. The van der Waals surface area contributed by atoms with Crippen LogP contribution in [0.3, 0.4) is 0 Å². The largest absolute Gasteiger partial charge is 0.397 e. The van der Waals surface area contributed by atoms with Crippen LogP contribution in [-0.4, -0.2) is 11.7 Å². The molecular weight excluding hydrogens is 149 g/mol. The van der Waals surface area contributed by atoms with Gasteiger partial charge >= 0.3 is 5.97 Å². The Hall–Kier alpha value is -1.45. The zero-order valence-electron chi connectivity index (χ0n) is 6.08. The Morgan fingerprint density at radius 2 is 2.36 bits per heavy atom. The highest BCUT2D eigenvalue weighted by molar-refractivity contribution is 6.41. The van der Waals surface area contributed by atoms with Gasteiger partial charge in [0.15, 0.2) is 5.71 Å². The first-order valence-corrected chi connectivity index (χ1v) is 2.90. The summed E-state index contributed by atoms with van der Waals surface area (Å²) in [5.41, 5.74) is -0.161. The topological polar surface area (TPSA) is 38.7 Å².